The topological polar surface area (TPSA) is 0 Å². The highest BCUT2D eigenvalue weighted by Crippen LogP contribution is 2.21. The molecule has 0 heterocycles. The third-order valence-corrected chi connectivity index (χ3v) is 5.03. The van der Waals surface area contributed by atoms with E-state index in [1.54, 1.807) is 0 Å². The lowest BCUT2D eigenvalue weighted by atomic mass is 9.92. The zero-order valence-electron chi connectivity index (χ0n) is 16.0. The number of unbranched alkanes of at least 4 members (excludes halogenated alkanes) is 12. The Morgan fingerprint density at radius 1 is 0.500 bits per heavy atom. The Morgan fingerprint density at radius 3 is 1.36 bits per heavy atom. The van der Waals surface area contributed by atoms with Crippen molar-refractivity contribution in [3.05, 3.63) is 6.92 Å². The lowest BCUT2D eigenvalue weighted by Crippen LogP contribution is -1.99. The van der Waals surface area contributed by atoms with E-state index >= 15 is 0 Å². The summed E-state index contributed by atoms with van der Waals surface area (Å²) in [5.74, 6) is 0.968. The van der Waals surface area contributed by atoms with Gasteiger partial charge in [0, 0.05) is 0 Å². The normalized spacial score (nSPS) is 11.5. The van der Waals surface area contributed by atoms with Gasteiger partial charge in [0.15, 0.2) is 0 Å². The number of rotatable bonds is 18. The van der Waals surface area contributed by atoms with Gasteiger partial charge in [-0.25, -0.2) is 0 Å². The summed E-state index contributed by atoms with van der Waals surface area (Å²) < 4.78 is 0. The van der Waals surface area contributed by atoms with E-state index in [9.17, 15) is 0 Å². The molecule has 1 atom stereocenters. The first-order valence-corrected chi connectivity index (χ1v) is 10.6. The number of hydrogen-bond acceptors (Lipinski definition) is 0. The Bertz CT molecular complexity index is 178. The maximum Gasteiger partial charge on any atom is -0.0414 e. The highest BCUT2D eigenvalue weighted by molar-refractivity contribution is 4.60. The first kappa shape index (κ1) is 22.0. The van der Waals surface area contributed by atoms with Crippen molar-refractivity contribution in [3.8, 4) is 0 Å². The van der Waals surface area contributed by atoms with E-state index in [4.69, 9.17) is 0 Å². The molecular weight excluding hydrogens is 264 g/mol. The Kier molecular flexibility index (Phi) is 19.0. The molecule has 0 spiro atoms. The van der Waals surface area contributed by atoms with Crippen molar-refractivity contribution >= 4 is 0 Å². The van der Waals surface area contributed by atoms with Crippen LogP contribution in [0.2, 0.25) is 0 Å². The molecule has 0 bridgehead atoms. The Hall–Kier alpha value is 0. The maximum absolute atomic E-state index is 4.02. The third-order valence-electron chi connectivity index (χ3n) is 5.03. The van der Waals surface area contributed by atoms with Gasteiger partial charge in [-0.3, -0.25) is 0 Å². The minimum Gasteiger partial charge on any atom is -0.0654 e. The van der Waals surface area contributed by atoms with Crippen molar-refractivity contribution in [2.24, 2.45) is 5.92 Å². The van der Waals surface area contributed by atoms with Gasteiger partial charge in [-0.15, -0.1) is 0 Å². The summed E-state index contributed by atoms with van der Waals surface area (Å²) >= 11 is 0. The van der Waals surface area contributed by atoms with E-state index in [0.717, 1.165) is 12.3 Å². The van der Waals surface area contributed by atoms with Crippen molar-refractivity contribution in [1.82, 2.24) is 0 Å². The fourth-order valence-electron chi connectivity index (χ4n) is 3.58. The van der Waals surface area contributed by atoms with Crippen LogP contribution in [0.4, 0.5) is 0 Å². The Balaban J connectivity index is 3.16. The quantitative estimate of drug-likeness (QED) is 0.223. The molecule has 1 unspecified atom stereocenters. The van der Waals surface area contributed by atoms with E-state index in [1.807, 2.05) is 0 Å². The van der Waals surface area contributed by atoms with Gasteiger partial charge in [-0.2, -0.15) is 0 Å². The lowest BCUT2D eigenvalue weighted by Gasteiger charge is -2.14. The first-order chi connectivity index (χ1) is 10.8. The summed E-state index contributed by atoms with van der Waals surface area (Å²) in [4.78, 5) is 0. The van der Waals surface area contributed by atoms with Gasteiger partial charge in [0.2, 0.25) is 0 Å². The molecule has 0 saturated carbocycles. The third kappa shape index (κ3) is 16.4. The minimum atomic E-state index is 0.968. The molecule has 22 heavy (non-hydrogen) atoms. The van der Waals surface area contributed by atoms with Crippen LogP contribution in [0.1, 0.15) is 129 Å². The molecule has 0 fully saturated rings. The summed E-state index contributed by atoms with van der Waals surface area (Å²) in [6.45, 7) is 8.64. The molecule has 133 valence electrons. The molecule has 1 radical (unpaired) electrons. The van der Waals surface area contributed by atoms with E-state index in [0.29, 0.717) is 0 Å². The fourth-order valence-corrected chi connectivity index (χ4v) is 3.58. The van der Waals surface area contributed by atoms with Crippen LogP contribution in [-0.4, -0.2) is 0 Å². The average Bonchev–Trinajstić information content (AvgIpc) is 2.52. The number of hydrogen-bond donors (Lipinski definition) is 0. The molecule has 0 aromatic rings. The first-order valence-electron chi connectivity index (χ1n) is 10.6. The van der Waals surface area contributed by atoms with Gasteiger partial charge in [-0.05, 0) is 5.92 Å². The van der Waals surface area contributed by atoms with Crippen LogP contribution in [0.3, 0.4) is 0 Å². The highest BCUT2D eigenvalue weighted by Gasteiger charge is 2.05. The van der Waals surface area contributed by atoms with Crippen molar-refractivity contribution in [3.63, 3.8) is 0 Å². The van der Waals surface area contributed by atoms with E-state index < -0.39 is 0 Å². The van der Waals surface area contributed by atoms with Crippen molar-refractivity contribution in [2.75, 3.05) is 0 Å². The van der Waals surface area contributed by atoms with Gasteiger partial charge < -0.3 is 0 Å². The van der Waals surface area contributed by atoms with Crippen LogP contribution in [0.25, 0.3) is 0 Å². The summed E-state index contributed by atoms with van der Waals surface area (Å²) in [6.07, 6.45) is 25.7. The molecule has 0 aromatic carbocycles. The van der Waals surface area contributed by atoms with Gasteiger partial charge in [0.25, 0.3) is 0 Å². The molecule has 0 aromatic heterocycles. The van der Waals surface area contributed by atoms with Crippen molar-refractivity contribution in [1.29, 1.82) is 0 Å². The predicted molar refractivity (Wildman–Crippen MR) is 103 cm³/mol. The summed E-state index contributed by atoms with van der Waals surface area (Å²) in [7, 11) is 0. The SMILES string of the molecule is [CH2]CCC(CCC)CCCCCCCCCCCCCCC. The van der Waals surface area contributed by atoms with Gasteiger partial charge >= 0.3 is 0 Å². The summed E-state index contributed by atoms with van der Waals surface area (Å²) in [5.41, 5.74) is 0. The molecule has 0 saturated heterocycles. The largest absolute Gasteiger partial charge is 0.0654 e. The van der Waals surface area contributed by atoms with E-state index in [-0.39, 0.29) is 0 Å². The molecule has 0 amide bonds. The van der Waals surface area contributed by atoms with Crippen molar-refractivity contribution in [2.45, 2.75) is 129 Å². The zero-order valence-corrected chi connectivity index (χ0v) is 16.0. The van der Waals surface area contributed by atoms with Crippen LogP contribution < -0.4 is 0 Å². The lowest BCUT2D eigenvalue weighted by molar-refractivity contribution is 0.396. The van der Waals surface area contributed by atoms with Gasteiger partial charge in [-0.1, -0.05) is 136 Å². The molecule has 0 aliphatic carbocycles. The smallest absolute Gasteiger partial charge is 0.0414 e. The Labute approximate surface area is 142 Å². The standard InChI is InChI=1S/C22H45/c1-4-7-8-9-10-11-12-13-14-15-16-17-18-21-22(19-5-2)20-6-3/h22H,2,4-21H2,1,3H3. The van der Waals surface area contributed by atoms with Crippen LogP contribution in [0, 0.1) is 12.8 Å². The van der Waals surface area contributed by atoms with Crippen LogP contribution in [0.15, 0.2) is 0 Å². The summed E-state index contributed by atoms with van der Waals surface area (Å²) in [5, 5.41) is 0. The fraction of sp³-hybridized carbons (Fsp3) is 0.955. The molecule has 0 heteroatoms. The van der Waals surface area contributed by atoms with E-state index in [2.05, 4.69) is 20.8 Å². The van der Waals surface area contributed by atoms with Gasteiger partial charge in [0.1, 0.15) is 0 Å². The summed E-state index contributed by atoms with van der Waals surface area (Å²) in [6, 6.07) is 0. The molecule has 0 rings (SSSR count). The molecular formula is C22H45. The second-order valence-electron chi connectivity index (χ2n) is 7.33. The molecule has 0 N–H and O–H groups in total. The minimum absolute atomic E-state index is 0.968. The second-order valence-corrected chi connectivity index (χ2v) is 7.33. The van der Waals surface area contributed by atoms with Crippen LogP contribution >= 0.6 is 0 Å². The second kappa shape index (κ2) is 19.0. The molecule has 0 aliphatic heterocycles. The maximum atomic E-state index is 4.02. The molecule has 0 aliphatic rings. The van der Waals surface area contributed by atoms with E-state index in [1.165, 1.54) is 109 Å². The predicted octanol–water partition coefficient (Wildman–Crippen LogP) is 8.50. The van der Waals surface area contributed by atoms with Gasteiger partial charge in [0.05, 0.1) is 0 Å². The van der Waals surface area contributed by atoms with Crippen molar-refractivity contribution < 1.29 is 0 Å². The molecule has 0 nitrogen and oxygen atoms in total. The van der Waals surface area contributed by atoms with Crippen LogP contribution in [0.5, 0.6) is 0 Å². The highest BCUT2D eigenvalue weighted by atomic mass is 14.1. The average molecular weight is 310 g/mol. The Morgan fingerprint density at radius 2 is 0.955 bits per heavy atom. The monoisotopic (exact) mass is 309 g/mol. The van der Waals surface area contributed by atoms with Crippen LogP contribution in [-0.2, 0) is 0 Å². The zero-order chi connectivity index (χ0) is 16.3.